The summed E-state index contributed by atoms with van der Waals surface area (Å²) in [5.41, 5.74) is 7.17. The maximum atomic E-state index is 12.8. The lowest BCUT2D eigenvalue weighted by Crippen LogP contribution is -2.40. The summed E-state index contributed by atoms with van der Waals surface area (Å²) in [7, 11) is 1.80. The third-order valence-electron chi connectivity index (χ3n) is 4.90. The second-order valence-electron chi connectivity index (χ2n) is 7.33. The molecule has 0 radical (unpaired) electrons. The van der Waals surface area contributed by atoms with Crippen LogP contribution in [-0.2, 0) is 7.05 Å². The number of aliphatic hydroxyl groups excluding tert-OH is 1. The molecule has 0 saturated heterocycles. The molecule has 0 unspecified atom stereocenters. The Kier molecular flexibility index (Phi) is 6.36. The molecule has 0 saturated carbocycles. The highest BCUT2D eigenvalue weighted by Crippen LogP contribution is 2.20. The number of aromatic nitrogens is 6. The molecule has 3 heterocycles. The monoisotopic (exact) mass is 467 g/mol. The number of carbonyl (C=O) groups is 1. The number of rotatable bonds is 7. The Morgan fingerprint density at radius 3 is 2.79 bits per heavy atom. The number of carbonyl (C=O) groups excluding carboxylic acids is 1. The lowest BCUT2D eigenvalue weighted by atomic mass is 10.1. The third kappa shape index (κ3) is 5.00. The fourth-order valence-corrected chi connectivity index (χ4v) is 3.40. The maximum Gasteiger partial charge on any atom is 0.272 e. The Balaban J connectivity index is 1.55. The van der Waals surface area contributed by atoms with Gasteiger partial charge in [-0.3, -0.25) is 14.0 Å². The van der Waals surface area contributed by atoms with Crippen LogP contribution in [0.5, 0.6) is 0 Å². The summed E-state index contributed by atoms with van der Waals surface area (Å²) in [6, 6.07) is 7.68. The van der Waals surface area contributed by atoms with Crippen molar-refractivity contribution in [2.24, 2.45) is 12.8 Å². The average molecular weight is 468 g/mol. The highest BCUT2D eigenvalue weighted by Gasteiger charge is 2.23. The number of aryl methyl sites for hydroxylation is 2. The van der Waals surface area contributed by atoms with Crippen LogP contribution >= 0.6 is 11.6 Å². The van der Waals surface area contributed by atoms with Gasteiger partial charge in [0.25, 0.3) is 5.91 Å². The van der Waals surface area contributed by atoms with Crippen molar-refractivity contribution in [1.82, 2.24) is 34.6 Å². The van der Waals surface area contributed by atoms with Crippen LogP contribution in [0, 0.1) is 6.92 Å². The first-order chi connectivity index (χ1) is 15.8. The second-order valence-corrected chi connectivity index (χ2v) is 7.76. The Hall–Kier alpha value is -3.80. The molecule has 0 aliphatic heterocycles. The molecule has 0 aliphatic carbocycles. The Labute approximate surface area is 194 Å². The number of nitrogens with zero attached hydrogens (tertiary/aromatic N) is 6. The van der Waals surface area contributed by atoms with Crippen molar-refractivity contribution in [3.8, 4) is 5.82 Å². The predicted octanol–water partition coefficient (Wildman–Crippen LogP) is 1.85. The molecule has 11 nitrogen and oxygen atoms in total. The summed E-state index contributed by atoms with van der Waals surface area (Å²) < 4.78 is 3.28. The van der Waals surface area contributed by atoms with Crippen molar-refractivity contribution < 1.29 is 9.90 Å². The van der Waals surface area contributed by atoms with Crippen molar-refractivity contribution >= 4 is 29.3 Å². The van der Waals surface area contributed by atoms with Gasteiger partial charge in [0.2, 0.25) is 5.95 Å². The zero-order chi connectivity index (χ0) is 23.5. The fourth-order valence-electron chi connectivity index (χ4n) is 3.20. The van der Waals surface area contributed by atoms with Crippen LogP contribution in [-0.4, -0.2) is 46.5 Å². The van der Waals surface area contributed by atoms with E-state index in [-0.39, 0.29) is 5.69 Å². The Morgan fingerprint density at radius 1 is 1.27 bits per heavy atom. The van der Waals surface area contributed by atoms with Crippen molar-refractivity contribution in [3.05, 3.63) is 77.1 Å². The van der Waals surface area contributed by atoms with E-state index in [4.69, 9.17) is 17.3 Å². The number of amides is 1. The molecule has 1 amide bonds. The first-order valence-electron chi connectivity index (χ1n) is 9.95. The average Bonchev–Trinajstić information content (AvgIpc) is 3.42. The summed E-state index contributed by atoms with van der Waals surface area (Å²) in [6.45, 7) is 1.85. The number of halogens is 1. The quantitative estimate of drug-likeness (QED) is 0.301. The van der Waals surface area contributed by atoms with Crippen molar-refractivity contribution in [1.29, 1.82) is 0 Å². The summed E-state index contributed by atoms with van der Waals surface area (Å²) in [5, 5.41) is 20.4. The molecule has 4 aromatic rings. The number of benzene rings is 1. The zero-order valence-electron chi connectivity index (χ0n) is 17.8. The van der Waals surface area contributed by atoms with E-state index in [1.807, 2.05) is 6.92 Å². The van der Waals surface area contributed by atoms with Gasteiger partial charge in [0, 0.05) is 36.1 Å². The van der Waals surface area contributed by atoms with Crippen LogP contribution in [0.2, 0.25) is 5.02 Å². The highest BCUT2D eigenvalue weighted by atomic mass is 35.5. The summed E-state index contributed by atoms with van der Waals surface area (Å²) >= 11 is 6.03. The van der Waals surface area contributed by atoms with Crippen molar-refractivity contribution in [3.63, 3.8) is 0 Å². The molecule has 3 aromatic heterocycles. The number of nitrogens with one attached hydrogen (secondary N) is 2. The van der Waals surface area contributed by atoms with E-state index in [1.54, 1.807) is 59.0 Å². The Morgan fingerprint density at radius 2 is 2.09 bits per heavy atom. The molecule has 5 N–H and O–H groups in total. The molecular weight excluding hydrogens is 446 g/mol. The van der Waals surface area contributed by atoms with E-state index < -0.39 is 18.2 Å². The van der Waals surface area contributed by atoms with E-state index in [9.17, 15) is 9.90 Å². The van der Waals surface area contributed by atoms with Crippen LogP contribution in [0.15, 0.2) is 55.2 Å². The molecule has 170 valence electrons. The highest BCUT2D eigenvalue weighted by molar-refractivity contribution is 6.30. The number of anilines is 2. The minimum absolute atomic E-state index is 0.127. The number of hydrogen-bond acceptors (Lipinski definition) is 8. The molecule has 33 heavy (non-hydrogen) atoms. The van der Waals surface area contributed by atoms with Crippen LogP contribution < -0.4 is 16.4 Å². The molecule has 0 spiro atoms. The van der Waals surface area contributed by atoms with Crippen LogP contribution in [0.3, 0.4) is 0 Å². The van der Waals surface area contributed by atoms with Crippen molar-refractivity contribution in [2.75, 3.05) is 5.32 Å². The first kappa shape index (κ1) is 22.4. The summed E-state index contributed by atoms with van der Waals surface area (Å²) in [4.78, 5) is 25.8. The van der Waals surface area contributed by atoms with Gasteiger partial charge < -0.3 is 21.5 Å². The molecule has 12 heteroatoms. The van der Waals surface area contributed by atoms with E-state index in [1.165, 1.54) is 12.5 Å². The number of imidazole rings is 1. The SMILES string of the molecule is Cc1cnc(Nc2ccnn2C)nc1-n1cnc(C(=O)N[C@@H](c2cccc(Cl)c2)[C@@H](N)O)c1. The van der Waals surface area contributed by atoms with Gasteiger partial charge in [-0.2, -0.15) is 10.1 Å². The largest absolute Gasteiger partial charge is 0.376 e. The van der Waals surface area contributed by atoms with Crippen LogP contribution in [0.1, 0.15) is 27.7 Å². The number of hydrogen-bond donors (Lipinski definition) is 4. The smallest absolute Gasteiger partial charge is 0.272 e. The number of aliphatic hydroxyl groups is 1. The predicted molar refractivity (Wildman–Crippen MR) is 122 cm³/mol. The van der Waals surface area contributed by atoms with Gasteiger partial charge >= 0.3 is 0 Å². The van der Waals surface area contributed by atoms with Gasteiger partial charge in [-0.15, -0.1) is 0 Å². The molecule has 0 fully saturated rings. The first-order valence-corrected chi connectivity index (χ1v) is 10.3. The van der Waals surface area contributed by atoms with Gasteiger partial charge in [0.1, 0.15) is 29.9 Å². The zero-order valence-corrected chi connectivity index (χ0v) is 18.6. The maximum absolute atomic E-state index is 12.8. The van der Waals surface area contributed by atoms with E-state index in [0.29, 0.717) is 22.4 Å². The fraction of sp³-hybridized carbons (Fsp3) is 0.190. The van der Waals surface area contributed by atoms with E-state index >= 15 is 0 Å². The Bertz CT molecular complexity index is 1280. The standard InChI is InChI=1S/C21H22ClN9O2/c1-12-9-24-21(27-16-6-7-26-30(16)2)29-19(12)31-10-15(25-11-31)20(33)28-17(18(23)32)13-4-3-5-14(22)8-13/h3-11,17-18,32H,23H2,1-2H3,(H,28,33)(H,24,27,29)/t17-,18-/m0/s1. The molecular formula is C21H22ClN9O2. The third-order valence-corrected chi connectivity index (χ3v) is 5.14. The normalized spacial score (nSPS) is 12.9. The molecule has 4 rings (SSSR count). The minimum Gasteiger partial charge on any atom is -0.376 e. The molecule has 2 atom stereocenters. The van der Waals surface area contributed by atoms with Crippen LogP contribution in [0.4, 0.5) is 11.8 Å². The van der Waals surface area contributed by atoms with E-state index in [0.717, 1.165) is 11.4 Å². The van der Waals surface area contributed by atoms with Gasteiger partial charge in [-0.05, 0) is 24.6 Å². The van der Waals surface area contributed by atoms with Gasteiger partial charge in [0.15, 0.2) is 0 Å². The van der Waals surface area contributed by atoms with Gasteiger partial charge in [-0.1, -0.05) is 23.7 Å². The lowest BCUT2D eigenvalue weighted by Gasteiger charge is -2.21. The summed E-state index contributed by atoms with van der Waals surface area (Å²) in [6.07, 6.45) is 5.01. The lowest BCUT2D eigenvalue weighted by molar-refractivity contribution is 0.0837. The number of nitrogens with two attached hydrogens (primary N) is 1. The van der Waals surface area contributed by atoms with Gasteiger partial charge in [0.05, 0.1) is 12.2 Å². The molecule has 0 bridgehead atoms. The van der Waals surface area contributed by atoms with Crippen molar-refractivity contribution in [2.45, 2.75) is 19.2 Å². The van der Waals surface area contributed by atoms with E-state index in [2.05, 4.69) is 30.7 Å². The second kappa shape index (κ2) is 9.36. The molecule has 1 aromatic carbocycles. The van der Waals surface area contributed by atoms with Crippen LogP contribution in [0.25, 0.3) is 5.82 Å². The molecule has 0 aliphatic rings. The topological polar surface area (TPSA) is 149 Å². The summed E-state index contributed by atoms with van der Waals surface area (Å²) in [5.74, 6) is 1.13. The van der Waals surface area contributed by atoms with Gasteiger partial charge in [-0.25, -0.2) is 9.97 Å². The minimum atomic E-state index is -1.33.